The number of nitrogens with one attached hydrogen (secondary N) is 1. The summed E-state index contributed by atoms with van der Waals surface area (Å²) < 4.78 is 0. The van der Waals surface area contributed by atoms with Gasteiger partial charge in [0.05, 0.1) is 5.39 Å². The zero-order valence-corrected chi connectivity index (χ0v) is 13.5. The summed E-state index contributed by atoms with van der Waals surface area (Å²) in [4.78, 5) is 11.0. The number of aryl methyl sites for hydroxylation is 1. The van der Waals surface area contributed by atoms with Gasteiger partial charge in [0.25, 0.3) is 0 Å². The molecule has 0 amide bonds. The summed E-state index contributed by atoms with van der Waals surface area (Å²) in [5.74, 6) is 1.59. The van der Waals surface area contributed by atoms with Crippen molar-refractivity contribution >= 4 is 39.0 Å². The molecule has 0 radical (unpaired) electrons. The van der Waals surface area contributed by atoms with E-state index in [1.54, 1.807) is 11.3 Å². The Morgan fingerprint density at radius 3 is 2.90 bits per heavy atom. The monoisotopic (exact) mass is 309 g/mol. The zero-order valence-electron chi connectivity index (χ0n) is 11.9. The summed E-state index contributed by atoms with van der Waals surface area (Å²) in [5, 5.41) is 5.08. The largest absolute Gasteiger partial charge is 0.366 e. The Morgan fingerprint density at radius 1 is 1.25 bits per heavy atom. The predicted molar refractivity (Wildman–Crippen MR) is 86.8 cm³/mol. The lowest BCUT2D eigenvalue weighted by Gasteiger charge is -2.23. The molecule has 1 fully saturated rings. The summed E-state index contributed by atoms with van der Waals surface area (Å²) in [7, 11) is 0. The van der Waals surface area contributed by atoms with E-state index in [4.69, 9.17) is 11.6 Å². The second kappa shape index (κ2) is 5.86. The molecule has 0 aliphatic heterocycles. The molecule has 3 nitrogen and oxygen atoms in total. The lowest BCUT2D eigenvalue weighted by Crippen LogP contribution is -2.26. The molecule has 1 aliphatic carbocycles. The van der Waals surface area contributed by atoms with Gasteiger partial charge in [-0.05, 0) is 43.4 Å². The van der Waals surface area contributed by atoms with Gasteiger partial charge in [-0.25, -0.2) is 9.97 Å². The molecule has 2 unspecified atom stereocenters. The summed E-state index contributed by atoms with van der Waals surface area (Å²) in [5.41, 5.74) is 0. The van der Waals surface area contributed by atoms with E-state index >= 15 is 0 Å². The van der Waals surface area contributed by atoms with Crippen LogP contribution in [0.5, 0.6) is 0 Å². The highest BCUT2D eigenvalue weighted by molar-refractivity contribution is 7.18. The van der Waals surface area contributed by atoms with Gasteiger partial charge in [0, 0.05) is 10.9 Å². The normalized spacial score (nSPS) is 23.8. The van der Waals surface area contributed by atoms with Crippen molar-refractivity contribution in [2.75, 3.05) is 5.32 Å². The first-order valence-electron chi connectivity index (χ1n) is 7.33. The number of aromatic nitrogens is 2. The van der Waals surface area contributed by atoms with E-state index < -0.39 is 0 Å². The highest BCUT2D eigenvalue weighted by Crippen LogP contribution is 2.32. The van der Waals surface area contributed by atoms with E-state index in [0.29, 0.717) is 17.2 Å². The molecule has 3 rings (SSSR count). The lowest BCUT2D eigenvalue weighted by molar-refractivity contribution is 0.456. The molecule has 2 atom stereocenters. The Kier molecular flexibility index (Phi) is 4.13. The molecule has 2 heterocycles. The minimum Gasteiger partial charge on any atom is -0.366 e. The minimum atomic E-state index is 0.336. The second-order valence-electron chi connectivity index (χ2n) is 5.78. The Hall–Kier alpha value is -0.870. The van der Waals surface area contributed by atoms with Crippen molar-refractivity contribution in [1.29, 1.82) is 0 Å². The van der Waals surface area contributed by atoms with Crippen molar-refractivity contribution in [3.63, 3.8) is 0 Å². The number of anilines is 1. The van der Waals surface area contributed by atoms with Gasteiger partial charge in [-0.3, -0.25) is 0 Å². The van der Waals surface area contributed by atoms with Gasteiger partial charge < -0.3 is 5.32 Å². The summed E-state index contributed by atoms with van der Waals surface area (Å²) >= 11 is 7.74. The van der Waals surface area contributed by atoms with Crippen molar-refractivity contribution in [3.8, 4) is 0 Å². The fourth-order valence-corrected chi connectivity index (χ4v) is 4.11. The van der Waals surface area contributed by atoms with Gasteiger partial charge in [0.1, 0.15) is 10.6 Å². The third kappa shape index (κ3) is 2.91. The van der Waals surface area contributed by atoms with Crippen LogP contribution in [-0.4, -0.2) is 16.0 Å². The zero-order chi connectivity index (χ0) is 14.1. The first-order chi connectivity index (χ1) is 9.63. The number of fused-ring (bicyclic) bond motifs is 1. The molecule has 0 spiro atoms. The third-order valence-electron chi connectivity index (χ3n) is 4.17. The van der Waals surface area contributed by atoms with Gasteiger partial charge in [-0.2, -0.15) is 0 Å². The molecule has 0 saturated heterocycles. The molecular formula is C15H20ClN3S. The van der Waals surface area contributed by atoms with Crippen LogP contribution in [0, 0.1) is 12.8 Å². The van der Waals surface area contributed by atoms with E-state index in [2.05, 4.69) is 35.2 Å². The molecule has 20 heavy (non-hydrogen) atoms. The van der Waals surface area contributed by atoms with Crippen LogP contribution < -0.4 is 5.32 Å². The molecular weight excluding hydrogens is 290 g/mol. The average Bonchev–Trinajstić information content (AvgIpc) is 2.64. The summed E-state index contributed by atoms with van der Waals surface area (Å²) in [6, 6.07) is 2.65. The van der Waals surface area contributed by atoms with E-state index in [0.717, 1.165) is 16.0 Å². The van der Waals surface area contributed by atoms with Crippen molar-refractivity contribution < 1.29 is 0 Å². The smallest absolute Gasteiger partial charge is 0.225 e. The van der Waals surface area contributed by atoms with Crippen LogP contribution in [0.4, 0.5) is 5.82 Å². The third-order valence-corrected chi connectivity index (χ3v) is 5.29. The van der Waals surface area contributed by atoms with Crippen molar-refractivity contribution in [2.45, 2.75) is 52.0 Å². The van der Waals surface area contributed by atoms with E-state index in [-0.39, 0.29) is 0 Å². The average molecular weight is 310 g/mol. The van der Waals surface area contributed by atoms with Crippen LogP contribution in [-0.2, 0) is 0 Å². The number of rotatable bonds is 2. The van der Waals surface area contributed by atoms with E-state index in [1.807, 2.05) is 0 Å². The summed E-state index contributed by atoms with van der Waals surface area (Å²) in [6.45, 7) is 4.43. The van der Waals surface area contributed by atoms with Gasteiger partial charge in [0.2, 0.25) is 5.28 Å². The minimum absolute atomic E-state index is 0.336. The Morgan fingerprint density at radius 2 is 2.05 bits per heavy atom. The van der Waals surface area contributed by atoms with Crippen LogP contribution >= 0.6 is 22.9 Å². The van der Waals surface area contributed by atoms with Crippen molar-refractivity contribution in [1.82, 2.24) is 9.97 Å². The van der Waals surface area contributed by atoms with Crippen LogP contribution in [0.1, 0.15) is 43.9 Å². The predicted octanol–water partition coefficient (Wildman–Crippen LogP) is 5.03. The standard InChI is InChI=1S/C15H20ClN3S/c1-9-6-4-3-5-7-12(9)17-13-11-8-10(2)20-14(11)19-15(16)18-13/h8-9,12H,3-7H2,1-2H3,(H,17,18,19). The first-order valence-corrected chi connectivity index (χ1v) is 8.53. The van der Waals surface area contributed by atoms with Gasteiger partial charge >= 0.3 is 0 Å². The Balaban J connectivity index is 1.92. The molecule has 0 aromatic carbocycles. The van der Waals surface area contributed by atoms with Gasteiger partial charge in [0.15, 0.2) is 0 Å². The van der Waals surface area contributed by atoms with Gasteiger partial charge in [-0.15, -0.1) is 11.3 Å². The SMILES string of the molecule is Cc1cc2c(NC3CCCCCC3C)nc(Cl)nc2s1. The maximum Gasteiger partial charge on any atom is 0.225 e. The van der Waals surface area contributed by atoms with E-state index in [1.165, 1.54) is 37.0 Å². The molecule has 108 valence electrons. The van der Waals surface area contributed by atoms with Crippen LogP contribution in [0.2, 0.25) is 5.28 Å². The van der Waals surface area contributed by atoms with E-state index in [9.17, 15) is 0 Å². The van der Waals surface area contributed by atoms with Crippen LogP contribution in [0.3, 0.4) is 0 Å². The number of halogens is 1. The number of nitrogens with zero attached hydrogens (tertiary/aromatic N) is 2. The molecule has 1 saturated carbocycles. The highest BCUT2D eigenvalue weighted by Gasteiger charge is 2.21. The maximum atomic E-state index is 6.06. The quantitative estimate of drug-likeness (QED) is 0.624. The molecule has 2 aromatic heterocycles. The van der Waals surface area contributed by atoms with Gasteiger partial charge in [-0.1, -0.05) is 26.2 Å². The first kappa shape index (κ1) is 14.1. The Bertz CT molecular complexity index is 610. The molecule has 1 aliphatic rings. The van der Waals surface area contributed by atoms with Crippen molar-refractivity contribution in [2.24, 2.45) is 5.92 Å². The lowest BCUT2D eigenvalue weighted by atomic mass is 9.97. The highest BCUT2D eigenvalue weighted by atomic mass is 35.5. The number of thiophene rings is 1. The van der Waals surface area contributed by atoms with Crippen molar-refractivity contribution in [3.05, 3.63) is 16.2 Å². The second-order valence-corrected chi connectivity index (χ2v) is 7.36. The van der Waals surface area contributed by atoms with Crippen LogP contribution in [0.25, 0.3) is 10.2 Å². The number of hydrogen-bond donors (Lipinski definition) is 1. The maximum absolute atomic E-state index is 6.06. The number of hydrogen-bond acceptors (Lipinski definition) is 4. The fraction of sp³-hybridized carbons (Fsp3) is 0.600. The molecule has 2 aromatic rings. The summed E-state index contributed by atoms with van der Waals surface area (Å²) in [6.07, 6.45) is 6.50. The molecule has 5 heteroatoms. The molecule has 1 N–H and O–H groups in total. The Labute approximate surface area is 128 Å². The van der Waals surface area contributed by atoms with Crippen LogP contribution in [0.15, 0.2) is 6.07 Å². The topological polar surface area (TPSA) is 37.8 Å². The molecule has 0 bridgehead atoms. The fourth-order valence-electron chi connectivity index (χ4n) is 3.01.